The number of benzene rings is 1. The molecule has 116 valence electrons. The van der Waals surface area contributed by atoms with E-state index in [1.54, 1.807) is 10.4 Å². The van der Waals surface area contributed by atoms with Crippen LogP contribution in [-0.4, -0.2) is 30.3 Å². The molecule has 21 heavy (non-hydrogen) atoms. The molecule has 2 rings (SSSR count). The fraction of sp³-hybridized carbons (Fsp3) is 0.500. The van der Waals surface area contributed by atoms with Gasteiger partial charge in [-0.15, -0.1) is 0 Å². The Morgan fingerprint density at radius 3 is 2.62 bits per heavy atom. The molecule has 2 unspecified atom stereocenters. The van der Waals surface area contributed by atoms with Crippen LogP contribution in [-0.2, 0) is 10.0 Å². The molecule has 0 bridgehead atoms. The first kappa shape index (κ1) is 16.7. The third kappa shape index (κ3) is 3.39. The fourth-order valence-electron chi connectivity index (χ4n) is 2.73. The number of nitrogens with zero attached hydrogens (tertiary/aromatic N) is 1. The first-order valence-electron chi connectivity index (χ1n) is 6.84. The van der Waals surface area contributed by atoms with Crippen LogP contribution in [0, 0.1) is 5.92 Å². The number of halogens is 1. The Balaban J connectivity index is 2.36. The van der Waals surface area contributed by atoms with Gasteiger partial charge in [-0.25, -0.2) is 8.42 Å². The van der Waals surface area contributed by atoms with Crippen LogP contribution in [0.4, 0.5) is 0 Å². The molecule has 2 atom stereocenters. The zero-order valence-corrected chi connectivity index (χ0v) is 14.4. The molecule has 4 nitrogen and oxygen atoms in total. The molecular weight excluding hydrogens is 328 g/mol. The van der Waals surface area contributed by atoms with Crippen molar-refractivity contribution in [3.8, 4) is 0 Å². The van der Waals surface area contributed by atoms with Crippen molar-refractivity contribution in [2.45, 2.75) is 37.6 Å². The van der Waals surface area contributed by atoms with E-state index in [2.05, 4.69) is 6.92 Å². The van der Waals surface area contributed by atoms with Crippen LogP contribution in [0.1, 0.15) is 32.3 Å². The molecule has 1 aliphatic rings. The smallest absolute Gasteiger partial charge is 0.243 e. The Hall–Kier alpha value is -0.690. The topological polar surface area (TPSA) is 63.4 Å². The molecule has 1 aromatic rings. The molecule has 0 aromatic heterocycles. The van der Waals surface area contributed by atoms with Gasteiger partial charge in [0.05, 0.1) is 9.92 Å². The maximum absolute atomic E-state index is 12.7. The van der Waals surface area contributed by atoms with E-state index in [1.165, 1.54) is 12.1 Å². The first-order valence-corrected chi connectivity index (χ1v) is 9.07. The van der Waals surface area contributed by atoms with Gasteiger partial charge in [-0.05, 0) is 43.9 Å². The van der Waals surface area contributed by atoms with Crippen molar-refractivity contribution in [1.82, 2.24) is 4.31 Å². The highest BCUT2D eigenvalue weighted by atomic mass is 35.5. The molecule has 1 saturated heterocycles. The molecule has 1 aliphatic heterocycles. The van der Waals surface area contributed by atoms with Gasteiger partial charge in [0.2, 0.25) is 10.0 Å². The normalized spacial score (nSPS) is 24.0. The van der Waals surface area contributed by atoms with Gasteiger partial charge in [0.25, 0.3) is 0 Å². The Morgan fingerprint density at radius 2 is 2.10 bits per heavy atom. The molecule has 1 heterocycles. The highest BCUT2D eigenvalue weighted by Gasteiger charge is 2.33. The minimum absolute atomic E-state index is 0.00668. The summed E-state index contributed by atoms with van der Waals surface area (Å²) >= 11 is 11.0. The minimum Gasteiger partial charge on any atom is -0.389 e. The molecule has 0 aliphatic carbocycles. The standard InChI is InChI=1S/C14H19ClN2O2S2/c1-9-5-6-17(10(2)7-9)21(18,19)11-3-4-12(14(16)20)13(15)8-11/h3-4,8-10H,5-7H2,1-2H3,(H2,16,20). The average Bonchev–Trinajstić information content (AvgIpc) is 2.37. The van der Waals surface area contributed by atoms with Crippen LogP contribution in [0.3, 0.4) is 0 Å². The van der Waals surface area contributed by atoms with Crippen LogP contribution in [0.2, 0.25) is 5.02 Å². The van der Waals surface area contributed by atoms with Gasteiger partial charge in [0, 0.05) is 18.2 Å². The molecular formula is C14H19ClN2O2S2. The summed E-state index contributed by atoms with van der Waals surface area (Å²) in [6, 6.07) is 4.50. The highest BCUT2D eigenvalue weighted by molar-refractivity contribution is 7.89. The van der Waals surface area contributed by atoms with Crippen LogP contribution >= 0.6 is 23.8 Å². The summed E-state index contributed by atoms with van der Waals surface area (Å²) in [5, 5.41) is 0.265. The zero-order valence-electron chi connectivity index (χ0n) is 12.0. The van der Waals surface area contributed by atoms with Crippen LogP contribution in [0.15, 0.2) is 23.1 Å². The molecule has 7 heteroatoms. The summed E-state index contributed by atoms with van der Waals surface area (Å²) in [6.07, 6.45) is 1.75. The molecule has 2 N–H and O–H groups in total. The van der Waals surface area contributed by atoms with Crippen LogP contribution in [0.25, 0.3) is 0 Å². The van der Waals surface area contributed by atoms with Gasteiger partial charge in [-0.1, -0.05) is 30.7 Å². The SMILES string of the molecule is CC1CCN(S(=O)(=O)c2ccc(C(N)=S)c(Cl)c2)C(C)C1. The fourth-order valence-corrected chi connectivity index (χ4v) is 5.00. The lowest BCUT2D eigenvalue weighted by molar-refractivity contribution is 0.220. The Morgan fingerprint density at radius 1 is 1.43 bits per heavy atom. The Kier molecular flexibility index (Phi) is 4.92. The van der Waals surface area contributed by atoms with Crippen molar-refractivity contribution in [2.24, 2.45) is 11.7 Å². The molecule has 0 amide bonds. The highest BCUT2D eigenvalue weighted by Crippen LogP contribution is 2.29. The quantitative estimate of drug-likeness (QED) is 0.855. The predicted octanol–water partition coefficient (Wildman–Crippen LogP) is 2.78. The van der Waals surface area contributed by atoms with E-state index in [1.807, 2.05) is 6.92 Å². The Bertz CT molecular complexity index is 661. The van der Waals surface area contributed by atoms with Crippen LogP contribution < -0.4 is 5.73 Å². The molecule has 1 aromatic carbocycles. The van der Waals surface area contributed by atoms with Crippen molar-refractivity contribution in [1.29, 1.82) is 0 Å². The maximum Gasteiger partial charge on any atom is 0.243 e. The van der Waals surface area contributed by atoms with Gasteiger partial charge >= 0.3 is 0 Å². The van der Waals surface area contributed by atoms with Crippen LogP contribution in [0.5, 0.6) is 0 Å². The second kappa shape index (κ2) is 6.20. The summed E-state index contributed by atoms with van der Waals surface area (Å²) in [7, 11) is -3.53. The van der Waals surface area contributed by atoms with E-state index in [0.29, 0.717) is 18.0 Å². The Labute approximate surface area is 136 Å². The van der Waals surface area contributed by atoms with E-state index in [0.717, 1.165) is 12.8 Å². The lowest BCUT2D eigenvalue weighted by Gasteiger charge is -2.35. The second-order valence-corrected chi connectivity index (χ2v) is 8.34. The number of nitrogens with two attached hydrogens (primary N) is 1. The van der Waals surface area contributed by atoms with E-state index in [9.17, 15) is 8.42 Å². The lowest BCUT2D eigenvalue weighted by atomic mass is 9.95. The number of hydrogen-bond donors (Lipinski definition) is 1. The van der Waals surface area contributed by atoms with Crippen molar-refractivity contribution in [3.63, 3.8) is 0 Å². The van der Waals surface area contributed by atoms with E-state index in [4.69, 9.17) is 29.6 Å². The second-order valence-electron chi connectivity index (χ2n) is 5.60. The summed E-state index contributed by atoms with van der Waals surface area (Å²) in [5.41, 5.74) is 6.03. The molecule has 0 radical (unpaired) electrons. The lowest BCUT2D eigenvalue weighted by Crippen LogP contribution is -2.44. The van der Waals surface area contributed by atoms with Crippen molar-refractivity contribution in [2.75, 3.05) is 6.54 Å². The number of rotatable bonds is 3. The summed E-state index contributed by atoms with van der Waals surface area (Å²) < 4.78 is 27.0. The maximum atomic E-state index is 12.7. The first-order chi connectivity index (χ1) is 9.73. The molecule has 0 spiro atoms. The predicted molar refractivity (Wildman–Crippen MR) is 89.1 cm³/mol. The summed E-state index contributed by atoms with van der Waals surface area (Å²) in [4.78, 5) is 0.345. The van der Waals surface area contributed by atoms with Gasteiger partial charge in [0.1, 0.15) is 4.99 Å². The van der Waals surface area contributed by atoms with Crippen molar-refractivity contribution >= 4 is 38.8 Å². The number of hydrogen-bond acceptors (Lipinski definition) is 3. The van der Waals surface area contributed by atoms with Crippen molar-refractivity contribution < 1.29 is 8.42 Å². The average molecular weight is 347 g/mol. The van der Waals surface area contributed by atoms with Gasteiger partial charge in [-0.3, -0.25) is 0 Å². The van der Waals surface area contributed by atoms with Gasteiger partial charge < -0.3 is 5.73 Å². The molecule has 0 saturated carbocycles. The number of thiocarbonyl (C=S) groups is 1. The van der Waals surface area contributed by atoms with Gasteiger partial charge in [-0.2, -0.15) is 4.31 Å². The summed E-state index contributed by atoms with van der Waals surface area (Å²) in [5.74, 6) is 0.548. The van der Waals surface area contributed by atoms with E-state index in [-0.39, 0.29) is 20.9 Å². The monoisotopic (exact) mass is 346 g/mol. The molecule has 1 fully saturated rings. The largest absolute Gasteiger partial charge is 0.389 e. The number of sulfonamides is 1. The van der Waals surface area contributed by atoms with E-state index >= 15 is 0 Å². The number of piperidine rings is 1. The third-order valence-corrected chi connectivity index (χ3v) is 6.43. The van der Waals surface area contributed by atoms with E-state index < -0.39 is 10.0 Å². The minimum atomic E-state index is -3.53. The third-order valence-electron chi connectivity index (χ3n) is 3.89. The van der Waals surface area contributed by atoms with Crippen molar-refractivity contribution in [3.05, 3.63) is 28.8 Å². The summed E-state index contributed by atoms with van der Waals surface area (Å²) in [6.45, 7) is 4.63. The van der Waals surface area contributed by atoms with Gasteiger partial charge in [0.15, 0.2) is 0 Å². The zero-order chi connectivity index (χ0) is 15.8.